The average Bonchev–Trinajstić information content (AvgIpc) is 3.30. The number of amides is 1. The fraction of sp³-hybridized carbons (Fsp3) is 0.259. The molecule has 2 heterocycles. The summed E-state index contributed by atoms with van der Waals surface area (Å²) in [5.41, 5.74) is 3.46. The smallest absolute Gasteiger partial charge is 0.245 e. The minimum Gasteiger partial charge on any atom is -0.350 e. The predicted molar refractivity (Wildman–Crippen MR) is 129 cm³/mol. The normalized spacial score (nSPS) is 19.9. The SMILES string of the molecule is C[C@@H]1NC(=O)C(Cc2ccccc2)n2nnnc2C1N(Cc1ccccc1)Cc1ccccc1. The molecule has 0 bridgehead atoms. The fourth-order valence-electron chi connectivity index (χ4n) is 4.74. The molecular weight excluding hydrogens is 424 g/mol. The van der Waals surface area contributed by atoms with Gasteiger partial charge in [-0.1, -0.05) is 91.0 Å². The van der Waals surface area contributed by atoms with Crippen molar-refractivity contribution < 1.29 is 4.79 Å². The molecule has 2 unspecified atom stereocenters. The number of hydrogen-bond acceptors (Lipinski definition) is 5. The molecule has 1 aliphatic rings. The standard InChI is InChI=1S/C27H28N6O/c1-20-25(32(18-22-13-7-3-8-14-22)19-23-15-9-4-10-16-23)26-29-30-31-33(26)24(27(34)28-20)17-21-11-5-2-6-12-21/h2-16,20,24-25H,17-19H2,1H3,(H,28,34)/t20-,24?,25?/m0/s1. The number of hydrogen-bond donors (Lipinski definition) is 1. The van der Waals surface area contributed by atoms with Gasteiger partial charge in [0, 0.05) is 25.6 Å². The second-order valence-corrected chi connectivity index (χ2v) is 8.81. The van der Waals surface area contributed by atoms with E-state index in [9.17, 15) is 4.79 Å². The highest BCUT2D eigenvalue weighted by Gasteiger charge is 2.39. The van der Waals surface area contributed by atoms with Crippen LogP contribution < -0.4 is 5.32 Å². The van der Waals surface area contributed by atoms with Gasteiger partial charge in [-0.2, -0.15) is 0 Å². The topological polar surface area (TPSA) is 75.9 Å². The summed E-state index contributed by atoms with van der Waals surface area (Å²) in [6.45, 7) is 3.45. The third kappa shape index (κ3) is 4.75. The molecule has 1 aromatic heterocycles. The Labute approximate surface area is 199 Å². The molecule has 172 valence electrons. The van der Waals surface area contributed by atoms with E-state index in [1.54, 1.807) is 4.68 Å². The van der Waals surface area contributed by atoms with Crippen LogP contribution in [0.4, 0.5) is 0 Å². The van der Waals surface area contributed by atoms with Crippen molar-refractivity contribution in [1.82, 2.24) is 30.4 Å². The van der Waals surface area contributed by atoms with E-state index < -0.39 is 6.04 Å². The Balaban J connectivity index is 1.52. The number of rotatable bonds is 7. The van der Waals surface area contributed by atoms with Crippen LogP contribution in [0.3, 0.4) is 0 Å². The molecule has 0 fully saturated rings. The summed E-state index contributed by atoms with van der Waals surface area (Å²) in [7, 11) is 0. The highest BCUT2D eigenvalue weighted by Crippen LogP contribution is 2.31. The maximum absolute atomic E-state index is 13.3. The van der Waals surface area contributed by atoms with Crippen LogP contribution in [0.5, 0.6) is 0 Å². The maximum Gasteiger partial charge on any atom is 0.245 e. The van der Waals surface area contributed by atoms with E-state index in [1.807, 2.05) is 73.7 Å². The van der Waals surface area contributed by atoms with Gasteiger partial charge in [0.15, 0.2) is 5.82 Å². The summed E-state index contributed by atoms with van der Waals surface area (Å²) in [6, 6.07) is 29.9. The Morgan fingerprint density at radius 3 is 1.91 bits per heavy atom. The third-order valence-corrected chi connectivity index (χ3v) is 6.35. The van der Waals surface area contributed by atoms with Gasteiger partial charge in [0.1, 0.15) is 6.04 Å². The molecule has 0 spiro atoms. The van der Waals surface area contributed by atoms with Crippen LogP contribution in [0.2, 0.25) is 0 Å². The van der Waals surface area contributed by atoms with Gasteiger partial charge in [-0.3, -0.25) is 9.69 Å². The van der Waals surface area contributed by atoms with E-state index in [0.717, 1.165) is 5.56 Å². The number of fused-ring (bicyclic) bond motifs is 1. The van der Waals surface area contributed by atoms with E-state index in [1.165, 1.54) is 11.1 Å². The zero-order valence-electron chi connectivity index (χ0n) is 19.2. The van der Waals surface area contributed by atoms with E-state index in [0.29, 0.717) is 25.3 Å². The molecule has 1 aliphatic heterocycles. The molecule has 0 saturated carbocycles. The van der Waals surface area contributed by atoms with Gasteiger partial charge in [-0.05, 0) is 34.0 Å². The van der Waals surface area contributed by atoms with Crippen LogP contribution in [-0.2, 0) is 24.3 Å². The van der Waals surface area contributed by atoms with E-state index >= 15 is 0 Å². The van der Waals surface area contributed by atoms with E-state index in [-0.39, 0.29) is 18.0 Å². The lowest BCUT2D eigenvalue weighted by molar-refractivity contribution is -0.125. The Hall–Kier alpha value is -3.84. The predicted octanol–water partition coefficient (Wildman–Crippen LogP) is 3.72. The van der Waals surface area contributed by atoms with E-state index in [2.05, 4.69) is 50.0 Å². The van der Waals surface area contributed by atoms with Gasteiger partial charge in [0.2, 0.25) is 5.91 Å². The average molecular weight is 453 g/mol. The molecule has 1 N–H and O–H groups in total. The zero-order valence-corrected chi connectivity index (χ0v) is 19.2. The summed E-state index contributed by atoms with van der Waals surface area (Å²) in [6.07, 6.45) is 0.529. The van der Waals surface area contributed by atoms with Gasteiger partial charge < -0.3 is 5.32 Å². The minimum atomic E-state index is -0.504. The quantitative estimate of drug-likeness (QED) is 0.463. The van der Waals surface area contributed by atoms with Gasteiger partial charge >= 0.3 is 0 Å². The van der Waals surface area contributed by atoms with Gasteiger partial charge in [0.25, 0.3) is 0 Å². The lowest BCUT2D eigenvalue weighted by atomic mass is 10.0. The molecule has 34 heavy (non-hydrogen) atoms. The van der Waals surface area contributed by atoms with Crippen molar-refractivity contribution in [3.8, 4) is 0 Å². The largest absolute Gasteiger partial charge is 0.350 e. The minimum absolute atomic E-state index is 0.0632. The van der Waals surface area contributed by atoms with Crippen LogP contribution in [0, 0.1) is 0 Å². The summed E-state index contributed by atoms with van der Waals surface area (Å²) in [5, 5.41) is 16.0. The highest BCUT2D eigenvalue weighted by atomic mass is 16.2. The molecular formula is C27H28N6O. The summed E-state index contributed by atoms with van der Waals surface area (Å²) >= 11 is 0. The number of carbonyl (C=O) groups excluding carboxylic acids is 1. The first kappa shape index (κ1) is 22.0. The van der Waals surface area contributed by atoms with Crippen molar-refractivity contribution in [2.75, 3.05) is 0 Å². The molecule has 3 atom stereocenters. The molecule has 0 aliphatic carbocycles. The number of aromatic nitrogens is 4. The number of carbonyl (C=O) groups is 1. The van der Waals surface area contributed by atoms with Gasteiger partial charge in [-0.15, -0.1) is 5.10 Å². The van der Waals surface area contributed by atoms with Crippen molar-refractivity contribution in [1.29, 1.82) is 0 Å². The highest BCUT2D eigenvalue weighted by molar-refractivity contribution is 5.81. The molecule has 7 nitrogen and oxygen atoms in total. The second-order valence-electron chi connectivity index (χ2n) is 8.81. The summed E-state index contributed by atoms with van der Waals surface area (Å²) in [4.78, 5) is 15.7. The van der Waals surface area contributed by atoms with Crippen LogP contribution in [0.15, 0.2) is 91.0 Å². The van der Waals surface area contributed by atoms with Crippen molar-refractivity contribution in [3.05, 3.63) is 114 Å². The summed E-state index contributed by atoms with van der Waals surface area (Å²) < 4.78 is 1.72. The lowest BCUT2D eigenvalue weighted by Crippen LogP contribution is -2.43. The second kappa shape index (κ2) is 9.97. The van der Waals surface area contributed by atoms with Crippen LogP contribution in [0.25, 0.3) is 0 Å². The first-order chi connectivity index (χ1) is 16.7. The van der Waals surface area contributed by atoms with Crippen LogP contribution >= 0.6 is 0 Å². The Kier molecular flexibility index (Phi) is 6.44. The molecule has 5 rings (SSSR count). The Morgan fingerprint density at radius 2 is 1.35 bits per heavy atom. The third-order valence-electron chi connectivity index (χ3n) is 6.35. The monoisotopic (exact) mass is 452 g/mol. The number of nitrogens with zero attached hydrogens (tertiary/aromatic N) is 5. The zero-order chi connectivity index (χ0) is 23.3. The van der Waals surface area contributed by atoms with Crippen molar-refractivity contribution in [2.45, 2.75) is 44.6 Å². The molecule has 0 radical (unpaired) electrons. The maximum atomic E-state index is 13.3. The fourth-order valence-corrected chi connectivity index (χ4v) is 4.74. The molecule has 7 heteroatoms. The van der Waals surface area contributed by atoms with Gasteiger partial charge in [0.05, 0.1) is 6.04 Å². The number of tetrazole rings is 1. The van der Waals surface area contributed by atoms with Gasteiger partial charge in [-0.25, -0.2) is 4.68 Å². The Morgan fingerprint density at radius 1 is 0.824 bits per heavy atom. The van der Waals surface area contributed by atoms with E-state index in [4.69, 9.17) is 0 Å². The number of nitrogens with one attached hydrogen (secondary N) is 1. The molecule has 3 aromatic carbocycles. The van der Waals surface area contributed by atoms with Crippen molar-refractivity contribution in [2.24, 2.45) is 0 Å². The molecule has 1 amide bonds. The number of benzene rings is 3. The molecule has 0 saturated heterocycles. The van der Waals surface area contributed by atoms with Crippen molar-refractivity contribution in [3.63, 3.8) is 0 Å². The summed E-state index contributed by atoms with van der Waals surface area (Å²) in [5.74, 6) is 0.644. The molecule has 4 aromatic rings. The van der Waals surface area contributed by atoms with Crippen molar-refractivity contribution >= 4 is 5.91 Å². The lowest BCUT2D eigenvalue weighted by Gasteiger charge is -2.33. The Bertz CT molecular complexity index is 1170. The first-order valence-electron chi connectivity index (χ1n) is 11.6. The van der Waals surface area contributed by atoms with Crippen LogP contribution in [-0.4, -0.2) is 37.1 Å². The first-order valence-corrected chi connectivity index (χ1v) is 11.6. The van der Waals surface area contributed by atoms with Crippen LogP contribution in [0.1, 0.15) is 41.5 Å².